The van der Waals surface area contributed by atoms with Gasteiger partial charge >= 0.3 is 6.18 Å². The Kier molecular flexibility index (Phi) is 7.85. The molecular weight excluding hydrogens is 379 g/mol. The quantitative estimate of drug-likeness (QED) is 0.391. The van der Waals surface area contributed by atoms with Crippen LogP contribution in [0.25, 0.3) is 0 Å². The minimum absolute atomic E-state index is 0.0193. The minimum atomic E-state index is -4.09. The van der Waals surface area contributed by atoms with E-state index in [0.717, 1.165) is 11.1 Å². The molecule has 2 N–H and O–H groups in total. The van der Waals surface area contributed by atoms with Gasteiger partial charge in [0.25, 0.3) is 0 Å². The lowest BCUT2D eigenvalue weighted by Crippen LogP contribution is -2.35. The number of aryl methyl sites for hydroxylation is 1. The molecule has 0 aromatic heterocycles. The maximum atomic E-state index is 12.5. The molecule has 0 spiro atoms. The molecule has 2 aromatic carbocycles. The van der Waals surface area contributed by atoms with E-state index in [1.807, 2.05) is 38.1 Å². The molecule has 3 nitrogen and oxygen atoms in total. The second-order valence-electron chi connectivity index (χ2n) is 7.68. The molecule has 1 atom stereocenters. The zero-order valence-corrected chi connectivity index (χ0v) is 16.9. The molecule has 0 aliphatic heterocycles. The van der Waals surface area contributed by atoms with Crippen LogP contribution >= 0.6 is 0 Å². The number of nitrogens with two attached hydrogens (primary N) is 1. The smallest absolute Gasteiger partial charge is 0.389 e. The standard InChI is InChI=1S/C23H28F3NO2/c1-17-6-8-18(9-7-17)21(28)16-22(2,27)19-10-12-20(13-11-19)29-15-5-3-4-14-23(24,25)26/h6-13H,3-5,14-16,27H2,1-2H3/t22-/m0/s1. The van der Waals surface area contributed by atoms with Crippen LogP contribution in [0.1, 0.15) is 60.5 Å². The molecule has 2 rings (SSSR count). The Hall–Kier alpha value is -2.34. The van der Waals surface area contributed by atoms with E-state index < -0.39 is 18.1 Å². The molecule has 0 aliphatic carbocycles. The van der Waals surface area contributed by atoms with Gasteiger partial charge in [-0.3, -0.25) is 4.79 Å². The summed E-state index contributed by atoms with van der Waals surface area (Å²) < 4.78 is 41.9. The number of unbranched alkanes of at least 4 members (excludes halogenated alkanes) is 2. The highest BCUT2D eigenvalue weighted by molar-refractivity contribution is 5.96. The molecule has 0 saturated carbocycles. The van der Waals surface area contributed by atoms with E-state index in [2.05, 4.69) is 0 Å². The molecule has 0 aliphatic rings. The maximum absolute atomic E-state index is 12.5. The summed E-state index contributed by atoms with van der Waals surface area (Å²) in [5.74, 6) is 0.611. The summed E-state index contributed by atoms with van der Waals surface area (Å²) in [4.78, 5) is 12.5. The molecule has 0 heterocycles. The zero-order valence-electron chi connectivity index (χ0n) is 16.9. The van der Waals surface area contributed by atoms with E-state index in [-0.39, 0.29) is 18.6 Å². The summed E-state index contributed by atoms with van der Waals surface area (Å²) in [5, 5.41) is 0. The van der Waals surface area contributed by atoms with Gasteiger partial charge < -0.3 is 10.5 Å². The second-order valence-corrected chi connectivity index (χ2v) is 7.68. The predicted molar refractivity (Wildman–Crippen MR) is 108 cm³/mol. The van der Waals surface area contributed by atoms with Crippen molar-refractivity contribution in [1.82, 2.24) is 0 Å². The zero-order chi connectivity index (χ0) is 21.5. The van der Waals surface area contributed by atoms with Gasteiger partial charge in [-0.25, -0.2) is 0 Å². The topological polar surface area (TPSA) is 52.3 Å². The van der Waals surface area contributed by atoms with Gasteiger partial charge in [-0.15, -0.1) is 0 Å². The Morgan fingerprint density at radius 2 is 1.59 bits per heavy atom. The van der Waals surface area contributed by atoms with Crippen molar-refractivity contribution in [2.24, 2.45) is 5.73 Å². The van der Waals surface area contributed by atoms with E-state index in [0.29, 0.717) is 30.8 Å². The van der Waals surface area contributed by atoms with Gasteiger partial charge in [0.2, 0.25) is 0 Å². The van der Waals surface area contributed by atoms with Crippen LogP contribution in [0.5, 0.6) is 5.75 Å². The first kappa shape index (κ1) is 22.9. The lowest BCUT2D eigenvalue weighted by Gasteiger charge is -2.25. The third-order valence-electron chi connectivity index (χ3n) is 4.79. The van der Waals surface area contributed by atoms with Crippen LogP contribution in [-0.4, -0.2) is 18.6 Å². The molecule has 6 heteroatoms. The third-order valence-corrected chi connectivity index (χ3v) is 4.79. The van der Waals surface area contributed by atoms with Crippen LogP contribution in [0.3, 0.4) is 0 Å². The first-order valence-electron chi connectivity index (χ1n) is 9.76. The number of hydrogen-bond donors (Lipinski definition) is 1. The van der Waals surface area contributed by atoms with Crippen molar-refractivity contribution in [3.05, 3.63) is 65.2 Å². The molecule has 2 aromatic rings. The van der Waals surface area contributed by atoms with Crippen molar-refractivity contribution >= 4 is 5.78 Å². The van der Waals surface area contributed by atoms with Crippen molar-refractivity contribution < 1.29 is 22.7 Å². The van der Waals surface area contributed by atoms with E-state index in [1.54, 1.807) is 24.3 Å². The van der Waals surface area contributed by atoms with Crippen molar-refractivity contribution in [3.63, 3.8) is 0 Å². The second kappa shape index (κ2) is 9.92. The Labute approximate surface area is 170 Å². The normalized spacial score (nSPS) is 13.7. The number of carbonyl (C=O) groups excluding carboxylic acids is 1. The fourth-order valence-electron chi connectivity index (χ4n) is 3.00. The van der Waals surface area contributed by atoms with E-state index in [4.69, 9.17) is 10.5 Å². The average Bonchev–Trinajstić information content (AvgIpc) is 2.64. The number of ketones is 1. The monoisotopic (exact) mass is 407 g/mol. The molecule has 0 saturated heterocycles. The molecule has 0 bridgehead atoms. The molecule has 0 radical (unpaired) electrons. The summed E-state index contributed by atoms with van der Waals surface area (Å²) in [7, 11) is 0. The number of ether oxygens (including phenoxy) is 1. The largest absolute Gasteiger partial charge is 0.494 e. The van der Waals surface area contributed by atoms with E-state index in [1.165, 1.54) is 0 Å². The van der Waals surface area contributed by atoms with Gasteiger partial charge in [-0.05, 0) is 50.8 Å². The SMILES string of the molecule is Cc1ccc(C(=O)C[C@](C)(N)c2ccc(OCCCCCC(F)(F)F)cc2)cc1. The van der Waals surface area contributed by atoms with Crippen LogP contribution in [0.15, 0.2) is 48.5 Å². The van der Waals surface area contributed by atoms with Gasteiger partial charge in [0, 0.05) is 23.9 Å². The molecular formula is C23H28F3NO2. The van der Waals surface area contributed by atoms with Crippen molar-refractivity contribution in [3.8, 4) is 5.75 Å². The number of carbonyl (C=O) groups is 1. The van der Waals surface area contributed by atoms with E-state index >= 15 is 0 Å². The molecule has 0 unspecified atom stereocenters. The Balaban J connectivity index is 1.83. The van der Waals surface area contributed by atoms with Gasteiger partial charge in [-0.2, -0.15) is 13.2 Å². The number of halogens is 3. The molecule has 0 fully saturated rings. The first-order valence-corrected chi connectivity index (χ1v) is 9.76. The van der Waals surface area contributed by atoms with Gasteiger partial charge in [0.15, 0.2) is 5.78 Å². The number of benzene rings is 2. The Bertz CT molecular complexity index is 781. The molecule has 29 heavy (non-hydrogen) atoms. The minimum Gasteiger partial charge on any atom is -0.494 e. The molecule has 0 amide bonds. The predicted octanol–water partition coefficient (Wildman–Crippen LogP) is 5.94. The van der Waals surface area contributed by atoms with Crippen molar-refractivity contribution in [1.29, 1.82) is 0 Å². The highest BCUT2D eigenvalue weighted by Crippen LogP contribution is 2.26. The third kappa shape index (κ3) is 7.89. The lowest BCUT2D eigenvalue weighted by atomic mass is 9.86. The van der Waals surface area contributed by atoms with Crippen LogP contribution in [0.2, 0.25) is 0 Å². The number of hydrogen-bond acceptors (Lipinski definition) is 3. The number of rotatable bonds is 10. The average molecular weight is 407 g/mol. The molecule has 158 valence electrons. The first-order chi connectivity index (χ1) is 13.6. The van der Waals surface area contributed by atoms with Crippen molar-refractivity contribution in [2.45, 2.75) is 57.7 Å². The van der Waals surface area contributed by atoms with Gasteiger partial charge in [-0.1, -0.05) is 42.0 Å². The van der Waals surface area contributed by atoms with Crippen LogP contribution < -0.4 is 10.5 Å². The summed E-state index contributed by atoms with van der Waals surface area (Å²) >= 11 is 0. The summed E-state index contributed by atoms with van der Waals surface area (Å²) in [6, 6.07) is 14.6. The number of Topliss-reactive ketones (excluding diaryl/α,β-unsaturated/α-hetero) is 1. The fourth-order valence-corrected chi connectivity index (χ4v) is 3.00. The number of alkyl halides is 3. The van der Waals surface area contributed by atoms with Crippen molar-refractivity contribution in [2.75, 3.05) is 6.61 Å². The summed E-state index contributed by atoms with van der Waals surface area (Å²) in [6.07, 6.45) is -3.51. The van der Waals surface area contributed by atoms with Gasteiger partial charge in [0.05, 0.1) is 6.61 Å². The van der Waals surface area contributed by atoms with Crippen LogP contribution in [-0.2, 0) is 5.54 Å². The highest BCUT2D eigenvalue weighted by Gasteiger charge is 2.26. The maximum Gasteiger partial charge on any atom is 0.389 e. The highest BCUT2D eigenvalue weighted by atomic mass is 19.4. The summed E-state index contributed by atoms with van der Waals surface area (Å²) in [5.41, 5.74) is 8.11. The Morgan fingerprint density at radius 1 is 0.966 bits per heavy atom. The van der Waals surface area contributed by atoms with Crippen LogP contribution in [0, 0.1) is 6.92 Å². The fraction of sp³-hybridized carbons (Fsp3) is 0.435. The lowest BCUT2D eigenvalue weighted by molar-refractivity contribution is -0.135. The summed E-state index contributed by atoms with van der Waals surface area (Å²) in [6.45, 7) is 4.14. The Morgan fingerprint density at radius 3 is 2.17 bits per heavy atom. The van der Waals surface area contributed by atoms with Gasteiger partial charge in [0.1, 0.15) is 5.75 Å². The van der Waals surface area contributed by atoms with Crippen LogP contribution in [0.4, 0.5) is 13.2 Å². The van der Waals surface area contributed by atoms with E-state index in [9.17, 15) is 18.0 Å².